The Hall–Kier alpha value is -1.43. The summed E-state index contributed by atoms with van der Waals surface area (Å²) in [5.41, 5.74) is 0.544. The van der Waals surface area contributed by atoms with Crippen LogP contribution in [0.5, 0.6) is 0 Å². The van der Waals surface area contributed by atoms with Crippen LogP contribution in [0.25, 0.3) is 0 Å². The van der Waals surface area contributed by atoms with Gasteiger partial charge in [0.25, 0.3) is 11.6 Å². The first-order valence-electron chi connectivity index (χ1n) is 6.65. The van der Waals surface area contributed by atoms with Crippen molar-refractivity contribution in [3.05, 3.63) is 39.4 Å². The predicted molar refractivity (Wildman–Crippen MR) is 80.2 cm³/mol. The zero-order valence-electron chi connectivity index (χ0n) is 11.3. The summed E-state index contributed by atoms with van der Waals surface area (Å²) in [6.45, 7) is 2.22. The highest BCUT2D eigenvalue weighted by atomic mass is 79.9. The van der Waals surface area contributed by atoms with Gasteiger partial charge in [-0.05, 0) is 38.2 Å². The Morgan fingerprint density at radius 3 is 2.85 bits per heavy atom. The molecule has 2 unspecified atom stereocenters. The lowest BCUT2D eigenvalue weighted by atomic mass is 10.1. The first kappa shape index (κ1) is 15.0. The first-order valence-corrected chi connectivity index (χ1v) is 7.57. The van der Waals surface area contributed by atoms with Crippen LogP contribution in [0.1, 0.15) is 35.2 Å². The number of nitrogens with zero attached hydrogens (tertiary/aromatic N) is 1. The molecule has 0 heterocycles. The van der Waals surface area contributed by atoms with E-state index in [1.165, 1.54) is 6.07 Å². The average molecular weight is 341 g/mol. The number of nitrogens with one attached hydrogen (secondary N) is 1. The number of amides is 1. The van der Waals surface area contributed by atoms with Gasteiger partial charge in [-0.3, -0.25) is 14.9 Å². The molecule has 108 valence electrons. The molecule has 1 saturated carbocycles. The van der Waals surface area contributed by atoms with Gasteiger partial charge in [-0.2, -0.15) is 0 Å². The lowest BCUT2D eigenvalue weighted by Gasteiger charge is -2.11. The van der Waals surface area contributed by atoms with E-state index in [2.05, 4.69) is 21.2 Å². The van der Waals surface area contributed by atoms with Gasteiger partial charge in [0.15, 0.2) is 0 Å². The summed E-state index contributed by atoms with van der Waals surface area (Å²) < 4.78 is 0. The summed E-state index contributed by atoms with van der Waals surface area (Å²) >= 11 is 3.57. The molecule has 1 fully saturated rings. The zero-order chi connectivity index (χ0) is 14.7. The molecule has 1 aromatic rings. The van der Waals surface area contributed by atoms with Gasteiger partial charge in [-0.15, -0.1) is 0 Å². The maximum absolute atomic E-state index is 12.1. The molecule has 0 aliphatic heterocycles. The Labute approximate surface area is 126 Å². The maximum Gasteiger partial charge on any atom is 0.285 e. The molecular formula is C14H17BrN2O3. The molecule has 20 heavy (non-hydrogen) atoms. The van der Waals surface area contributed by atoms with Crippen LogP contribution in [-0.2, 0) is 0 Å². The zero-order valence-corrected chi connectivity index (χ0v) is 12.9. The molecule has 2 atom stereocenters. The molecule has 6 heteroatoms. The third-order valence-electron chi connectivity index (χ3n) is 3.69. The molecule has 5 nitrogen and oxygen atoms in total. The highest BCUT2D eigenvalue weighted by Crippen LogP contribution is 2.30. The smallest absolute Gasteiger partial charge is 0.285 e. The fourth-order valence-corrected chi connectivity index (χ4v) is 3.41. The minimum atomic E-state index is -0.492. The molecule has 1 aliphatic carbocycles. The average Bonchev–Trinajstić information content (AvgIpc) is 2.81. The van der Waals surface area contributed by atoms with Crippen molar-refractivity contribution in [3.8, 4) is 0 Å². The first-order chi connectivity index (χ1) is 9.49. The molecule has 2 rings (SSSR count). The SMILES string of the molecule is Cc1cccc(C(=O)NCC2CCC(Br)C2)c1[N+](=O)[O-]. The third-order valence-corrected chi connectivity index (χ3v) is 4.53. The lowest BCUT2D eigenvalue weighted by molar-refractivity contribution is -0.385. The second-order valence-electron chi connectivity index (χ2n) is 5.21. The number of benzene rings is 1. The highest BCUT2D eigenvalue weighted by molar-refractivity contribution is 9.09. The number of nitro groups is 1. The second-order valence-corrected chi connectivity index (χ2v) is 6.51. The number of carbonyl (C=O) groups is 1. The predicted octanol–water partition coefficient (Wildman–Crippen LogP) is 3.20. The largest absolute Gasteiger partial charge is 0.352 e. The van der Waals surface area contributed by atoms with Crippen molar-refractivity contribution in [1.29, 1.82) is 0 Å². The monoisotopic (exact) mass is 340 g/mol. The number of halogens is 1. The van der Waals surface area contributed by atoms with Crippen molar-refractivity contribution in [2.45, 2.75) is 31.0 Å². The molecule has 0 aromatic heterocycles. The van der Waals surface area contributed by atoms with Crippen molar-refractivity contribution in [2.75, 3.05) is 6.54 Å². The van der Waals surface area contributed by atoms with Crippen molar-refractivity contribution < 1.29 is 9.72 Å². The Morgan fingerprint density at radius 2 is 2.25 bits per heavy atom. The van der Waals surface area contributed by atoms with Gasteiger partial charge >= 0.3 is 0 Å². The molecule has 0 radical (unpaired) electrons. The van der Waals surface area contributed by atoms with E-state index in [4.69, 9.17) is 0 Å². The summed E-state index contributed by atoms with van der Waals surface area (Å²) in [6, 6.07) is 4.81. The van der Waals surface area contributed by atoms with Gasteiger partial charge in [0.1, 0.15) is 5.56 Å². The van der Waals surface area contributed by atoms with Crippen LogP contribution in [0.2, 0.25) is 0 Å². The Bertz CT molecular complexity index is 533. The Kier molecular flexibility index (Phi) is 4.75. The maximum atomic E-state index is 12.1. The minimum Gasteiger partial charge on any atom is -0.352 e. The summed E-state index contributed by atoms with van der Waals surface area (Å²) in [4.78, 5) is 23.2. The van der Waals surface area contributed by atoms with Crippen LogP contribution >= 0.6 is 15.9 Å². The van der Waals surface area contributed by atoms with Gasteiger partial charge in [0, 0.05) is 16.9 Å². The quantitative estimate of drug-likeness (QED) is 0.519. The van der Waals surface area contributed by atoms with E-state index in [0.29, 0.717) is 22.9 Å². The molecular weight excluding hydrogens is 324 g/mol. The fourth-order valence-electron chi connectivity index (χ4n) is 2.62. The topological polar surface area (TPSA) is 72.2 Å². The fraction of sp³-hybridized carbons (Fsp3) is 0.500. The van der Waals surface area contributed by atoms with E-state index in [0.717, 1.165) is 19.3 Å². The Balaban J connectivity index is 2.06. The molecule has 1 N–H and O–H groups in total. The molecule has 0 saturated heterocycles. The van der Waals surface area contributed by atoms with E-state index in [1.54, 1.807) is 19.1 Å². The third kappa shape index (κ3) is 3.36. The number of carbonyl (C=O) groups excluding carboxylic acids is 1. The summed E-state index contributed by atoms with van der Waals surface area (Å²) in [7, 11) is 0. The van der Waals surface area contributed by atoms with Crippen molar-refractivity contribution in [2.24, 2.45) is 5.92 Å². The molecule has 1 aliphatic rings. The summed E-state index contributed by atoms with van der Waals surface area (Å²) in [5.74, 6) is 0.0885. The van der Waals surface area contributed by atoms with Crippen LogP contribution in [0, 0.1) is 23.0 Å². The van der Waals surface area contributed by atoms with Crippen molar-refractivity contribution >= 4 is 27.5 Å². The number of nitro benzene ring substituents is 1. The standard InChI is InChI=1S/C14H17BrN2O3/c1-9-3-2-4-12(13(9)17(19)20)14(18)16-8-10-5-6-11(15)7-10/h2-4,10-11H,5-8H2,1H3,(H,16,18). The van der Waals surface area contributed by atoms with Gasteiger partial charge in [0.05, 0.1) is 4.92 Å². The van der Waals surface area contributed by atoms with Gasteiger partial charge in [-0.1, -0.05) is 28.1 Å². The van der Waals surface area contributed by atoms with Crippen LogP contribution in [0.3, 0.4) is 0 Å². The van der Waals surface area contributed by atoms with E-state index < -0.39 is 4.92 Å². The van der Waals surface area contributed by atoms with Crippen LogP contribution in [0.15, 0.2) is 18.2 Å². The van der Waals surface area contributed by atoms with E-state index in [1.807, 2.05) is 0 Å². The van der Waals surface area contributed by atoms with Crippen LogP contribution in [0.4, 0.5) is 5.69 Å². The van der Waals surface area contributed by atoms with Crippen molar-refractivity contribution in [1.82, 2.24) is 5.32 Å². The lowest BCUT2D eigenvalue weighted by Crippen LogP contribution is -2.29. The number of aryl methyl sites for hydroxylation is 1. The van der Waals surface area contributed by atoms with E-state index >= 15 is 0 Å². The summed E-state index contributed by atoms with van der Waals surface area (Å²) in [5, 5.41) is 13.9. The minimum absolute atomic E-state index is 0.102. The van der Waals surface area contributed by atoms with Gasteiger partial charge in [-0.25, -0.2) is 0 Å². The normalized spacial score (nSPS) is 21.7. The van der Waals surface area contributed by atoms with Crippen molar-refractivity contribution in [3.63, 3.8) is 0 Å². The number of hydrogen-bond acceptors (Lipinski definition) is 3. The van der Waals surface area contributed by atoms with E-state index in [-0.39, 0.29) is 17.2 Å². The molecule has 1 amide bonds. The summed E-state index contributed by atoms with van der Waals surface area (Å²) in [6.07, 6.45) is 3.23. The number of rotatable bonds is 4. The van der Waals surface area contributed by atoms with Gasteiger partial charge in [0.2, 0.25) is 0 Å². The molecule has 1 aromatic carbocycles. The van der Waals surface area contributed by atoms with E-state index in [9.17, 15) is 14.9 Å². The Morgan fingerprint density at radius 1 is 1.50 bits per heavy atom. The number of alkyl halides is 1. The number of hydrogen-bond donors (Lipinski definition) is 1. The van der Waals surface area contributed by atoms with Crippen LogP contribution in [-0.4, -0.2) is 22.2 Å². The number of para-hydroxylation sites is 1. The van der Waals surface area contributed by atoms with Gasteiger partial charge < -0.3 is 5.32 Å². The molecule has 0 spiro atoms. The highest BCUT2D eigenvalue weighted by Gasteiger charge is 2.25. The second kappa shape index (κ2) is 6.35. The molecule has 0 bridgehead atoms. The van der Waals surface area contributed by atoms with Crippen LogP contribution < -0.4 is 5.32 Å².